The lowest BCUT2D eigenvalue weighted by Crippen LogP contribution is -2.17. The highest BCUT2D eigenvalue weighted by atomic mass is 32.1. The van der Waals surface area contributed by atoms with E-state index in [2.05, 4.69) is 163 Å². The van der Waals surface area contributed by atoms with Gasteiger partial charge in [-0.3, -0.25) is 0 Å². The first-order valence-electron chi connectivity index (χ1n) is 17.1. The minimum absolute atomic E-state index is 0.730. The third-order valence-corrected chi connectivity index (χ3v) is 11.0. The van der Waals surface area contributed by atoms with E-state index >= 15 is 0 Å². The van der Waals surface area contributed by atoms with Gasteiger partial charge in [0.25, 0.3) is 0 Å². The zero-order valence-electron chi connectivity index (χ0n) is 27.3. The lowest BCUT2D eigenvalue weighted by atomic mass is 9.93. The molecule has 6 aromatic carbocycles. The Bertz CT molecular complexity index is 2670. The molecule has 8 aromatic rings. The first kappa shape index (κ1) is 28.9. The van der Waals surface area contributed by atoms with Gasteiger partial charge in [0, 0.05) is 53.9 Å². The molecule has 2 aliphatic rings. The van der Waals surface area contributed by atoms with Crippen LogP contribution in [0.25, 0.3) is 70.8 Å². The molecule has 0 amide bonds. The fourth-order valence-corrected chi connectivity index (χ4v) is 8.53. The van der Waals surface area contributed by atoms with E-state index in [0.717, 1.165) is 69.2 Å². The van der Waals surface area contributed by atoms with Crippen molar-refractivity contribution in [3.8, 4) is 45.0 Å². The van der Waals surface area contributed by atoms with Gasteiger partial charge in [0.2, 0.25) is 0 Å². The summed E-state index contributed by atoms with van der Waals surface area (Å²) in [5, 5.41) is 2.62. The minimum Gasteiger partial charge on any atom is -0.311 e. The van der Waals surface area contributed by atoms with E-state index < -0.39 is 0 Å². The quantitative estimate of drug-likeness (QED) is 0.185. The number of rotatable bonds is 2. The second-order valence-corrected chi connectivity index (χ2v) is 14.1. The molecule has 0 radical (unpaired) electrons. The second kappa shape index (κ2) is 11.8. The molecule has 3 nitrogen and oxygen atoms in total. The van der Waals surface area contributed by atoms with Gasteiger partial charge in [0.1, 0.15) is 0 Å². The van der Waals surface area contributed by atoms with E-state index in [0.29, 0.717) is 0 Å². The van der Waals surface area contributed by atoms with Crippen LogP contribution in [0.2, 0.25) is 0 Å². The van der Waals surface area contributed by atoms with Crippen molar-refractivity contribution in [1.29, 1.82) is 0 Å². The molecule has 0 saturated heterocycles. The molecule has 0 N–H and O–H groups in total. The molecule has 0 saturated carbocycles. The first-order chi connectivity index (χ1) is 24.7. The molecule has 50 heavy (non-hydrogen) atoms. The third kappa shape index (κ3) is 5.04. The smallest absolute Gasteiger partial charge is 0.160 e. The third-order valence-electron chi connectivity index (χ3n) is 9.85. The van der Waals surface area contributed by atoms with Crippen LogP contribution in [0, 0.1) is 0 Å². The van der Waals surface area contributed by atoms with Crippen molar-refractivity contribution in [1.82, 2.24) is 9.97 Å². The molecule has 10 bridgehead atoms. The number of aromatic nitrogens is 2. The van der Waals surface area contributed by atoms with Crippen molar-refractivity contribution in [2.24, 2.45) is 0 Å². The van der Waals surface area contributed by atoms with Crippen LogP contribution < -0.4 is 4.90 Å². The van der Waals surface area contributed by atoms with Crippen LogP contribution >= 0.6 is 11.3 Å². The number of benzene rings is 6. The SMILES string of the molecule is C1=C2CCC=C1N(c1ccc3c(c1)sc1ccccc13)c1cccc(c1)-c1cccc(c1)-c1cc(-c3ccccc3)nc(n1)-c1cccc2c1. The highest BCUT2D eigenvalue weighted by Gasteiger charge is 2.20. The molecule has 1 aliphatic heterocycles. The van der Waals surface area contributed by atoms with Crippen molar-refractivity contribution in [3.05, 3.63) is 175 Å². The van der Waals surface area contributed by atoms with Crippen molar-refractivity contribution in [2.45, 2.75) is 12.8 Å². The Morgan fingerprint density at radius 2 is 1.14 bits per heavy atom. The predicted molar refractivity (Wildman–Crippen MR) is 211 cm³/mol. The second-order valence-electron chi connectivity index (χ2n) is 13.0. The number of anilines is 2. The molecule has 3 heterocycles. The Morgan fingerprint density at radius 3 is 2.04 bits per heavy atom. The van der Waals surface area contributed by atoms with Crippen LogP contribution in [0.3, 0.4) is 0 Å². The Kier molecular flexibility index (Phi) is 6.81. The number of allylic oxidation sites excluding steroid dienone is 3. The molecule has 0 spiro atoms. The van der Waals surface area contributed by atoms with Crippen LogP contribution in [0.5, 0.6) is 0 Å². The topological polar surface area (TPSA) is 29.0 Å². The maximum atomic E-state index is 5.19. The van der Waals surface area contributed by atoms with Crippen LogP contribution in [0.15, 0.2) is 170 Å². The Morgan fingerprint density at radius 1 is 0.480 bits per heavy atom. The fourth-order valence-electron chi connectivity index (χ4n) is 7.39. The molecule has 4 heteroatoms. The van der Waals surface area contributed by atoms with E-state index in [4.69, 9.17) is 9.97 Å². The summed E-state index contributed by atoms with van der Waals surface area (Å²) in [6.45, 7) is 0. The van der Waals surface area contributed by atoms with Crippen molar-refractivity contribution < 1.29 is 0 Å². The van der Waals surface area contributed by atoms with Crippen molar-refractivity contribution in [3.63, 3.8) is 0 Å². The molecule has 2 aromatic heterocycles. The van der Waals surface area contributed by atoms with Crippen molar-refractivity contribution >= 4 is 48.5 Å². The fraction of sp³-hybridized carbons (Fsp3) is 0.0435. The Balaban J connectivity index is 1.21. The van der Waals surface area contributed by atoms with Gasteiger partial charge in [0.05, 0.1) is 11.4 Å². The minimum atomic E-state index is 0.730. The largest absolute Gasteiger partial charge is 0.311 e. The summed E-state index contributed by atoms with van der Waals surface area (Å²) in [6, 6.07) is 54.6. The summed E-state index contributed by atoms with van der Waals surface area (Å²) >= 11 is 1.86. The maximum absolute atomic E-state index is 5.19. The zero-order valence-corrected chi connectivity index (χ0v) is 28.1. The number of thiophene rings is 1. The van der Waals surface area contributed by atoms with E-state index in [1.807, 2.05) is 17.4 Å². The summed E-state index contributed by atoms with van der Waals surface area (Å²) in [7, 11) is 0. The zero-order chi connectivity index (χ0) is 33.0. The highest BCUT2D eigenvalue weighted by molar-refractivity contribution is 7.25. The van der Waals surface area contributed by atoms with Gasteiger partial charge in [-0.05, 0) is 89.7 Å². The van der Waals surface area contributed by atoms with Gasteiger partial charge in [-0.25, -0.2) is 9.97 Å². The van der Waals surface area contributed by atoms with E-state index in [-0.39, 0.29) is 0 Å². The molecule has 1 aliphatic carbocycles. The summed E-state index contributed by atoms with van der Waals surface area (Å²) in [6.07, 6.45) is 6.69. The van der Waals surface area contributed by atoms with Crippen LogP contribution in [-0.4, -0.2) is 9.97 Å². The van der Waals surface area contributed by atoms with Crippen molar-refractivity contribution in [2.75, 3.05) is 4.90 Å². The molecule has 0 atom stereocenters. The van der Waals surface area contributed by atoms with E-state index in [1.54, 1.807) is 0 Å². The van der Waals surface area contributed by atoms with E-state index in [9.17, 15) is 0 Å². The number of fused-ring (bicyclic) bond motifs is 16. The van der Waals surface area contributed by atoms with Crippen LogP contribution in [0.4, 0.5) is 11.4 Å². The highest BCUT2D eigenvalue weighted by Crippen LogP contribution is 2.42. The van der Waals surface area contributed by atoms with Gasteiger partial charge in [-0.1, -0.05) is 109 Å². The standard InChI is InChI=1S/C46H31N3S/c1-2-10-30(11-3-1)42-29-43-35-16-6-12-31(24-35)33-14-8-18-37(26-33)49(39-22-23-41-40-20-4-5-21-44(40)50-45(41)28-39)38-19-9-15-34(27-38)32-13-7-17-36(25-32)46(47-42)48-43/h1-8,10-14,16-29H,9,15H2. The molecular weight excluding hydrogens is 627 g/mol. The summed E-state index contributed by atoms with van der Waals surface area (Å²) in [4.78, 5) is 12.8. The average molecular weight is 658 g/mol. The Hall–Kier alpha value is -6.10. The molecule has 0 fully saturated rings. The number of nitrogens with zero attached hydrogens (tertiary/aromatic N) is 3. The number of hydrogen-bond donors (Lipinski definition) is 0. The lowest BCUT2D eigenvalue weighted by Gasteiger charge is -2.29. The first-order valence-corrected chi connectivity index (χ1v) is 17.9. The van der Waals surface area contributed by atoms with Gasteiger partial charge < -0.3 is 4.90 Å². The monoisotopic (exact) mass is 657 g/mol. The van der Waals surface area contributed by atoms with Gasteiger partial charge >= 0.3 is 0 Å². The van der Waals surface area contributed by atoms with Gasteiger partial charge in [-0.2, -0.15) is 0 Å². The molecular formula is C46H31N3S. The summed E-state index contributed by atoms with van der Waals surface area (Å²) in [5.74, 6) is 0.730. The molecule has 10 rings (SSSR count). The number of hydrogen-bond acceptors (Lipinski definition) is 4. The van der Waals surface area contributed by atoms with Crippen LogP contribution in [-0.2, 0) is 0 Å². The predicted octanol–water partition coefficient (Wildman–Crippen LogP) is 12.7. The normalized spacial score (nSPS) is 13.6. The maximum Gasteiger partial charge on any atom is 0.160 e. The summed E-state index contributed by atoms with van der Waals surface area (Å²) in [5.41, 5.74) is 13.3. The molecule has 236 valence electrons. The van der Waals surface area contributed by atoms with Gasteiger partial charge in [-0.15, -0.1) is 11.3 Å². The lowest BCUT2D eigenvalue weighted by molar-refractivity contribution is 1.01. The van der Waals surface area contributed by atoms with Crippen LogP contribution in [0.1, 0.15) is 18.4 Å². The Labute approximate surface area is 295 Å². The van der Waals surface area contributed by atoms with E-state index in [1.165, 1.54) is 37.0 Å². The summed E-state index contributed by atoms with van der Waals surface area (Å²) < 4.78 is 2.61. The average Bonchev–Trinajstić information content (AvgIpc) is 3.56. The van der Waals surface area contributed by atoms with Gasteiger partial charge in [0.15, 0.2) is 5.82 Å². The molecule has 0 unspecified atom stereocenters.